The maximum atomic E-state index is 11.4. The van der Waals surface area contributed by atoms with E-state index in [0.717, 1.165) is 0 Å². The van der Waals surface area contributed by atoms with E-state index in [1.54, 1.807) is 11.9 Å². The standard InChI is InChI=1S/C6H13F3N2O/c1-11(3-2-10)4-5-12-6(7,8)9/h2-5,10H2,1H3. The van der Waals surface area contributed by atoms with Crippen LogP contribution in [-0.2, 0) is 4.74 Å². The lowest BCUT2D eigenvalue weighted by molar-refractivity contribution is -0.324. The van der Waals surface area contributed by atoms with Crippen molar-refractivity contribution in [2.24, 2.45) is 5.73 Å². The maximum absolute atomic E-state index is 11.4. The van der Waals surface area contributed by atoms with E-state index >= 15 is 0 Å². The second-order valence-electron chi connectivity index (χ2n) is 2.39. The molecule has 0 aromatic rings. The monoisotopic (exact) mass is 186 g/mol. The third-order valence-electron chi connectivity index (χ3n) is 1.25. The van der Waals surface area contributed by atoms with Crippen LogP contribution in [0.1, 0.15) is 0 Å². The van der Waals surface area contributed by atoms with E-state index in [9.17, 15) is 13.2 Å². The quantitative estimate of drug-likeness (QED) is 0.676. The number of nitrogens with two attached hydrogens (primary N) is 1. The number of ether oxygens (including phenoxy) is 1. The van der Waals surface area contributed by atoms with Gasteiger partial charge in [0.25, 0.3) is 0 Å². The fraction of sp³-hybridized carbons (Fsp3) is 1.00. The molecule has 12 heavy (non-hydrogen) atoms. The highest BCUT2D eigenvalue weighted by atomic mass is 19.4. The summed E-state index contributed by atoms with van der Waals surface area (Å²) >= 11 is 0. The summed E-state index contributed by atoms with van der Waals surface area (Å²) in [5.74, 6) is 0. The van der Waals surface area contributed by atoms with Crippen LogP contribution >= 0.6 is 0 Å². The van der Waals surface area contributed by atoms with Gasteiger partial charge >= 0.3 is 6.36 Å². The average molecular weight is 186 g/mol. The van der Waals surface area contributed by atoms with Crippen LogP contribution in [0, 0.1) is 0 Å². The molecule has 0 unspecified atom stereocenters. The fourth-order valence-electron chi connectivity index (χ4n) is 0.649. The third-order valence-corrected chi connectivity index (χ3v) is 1.25. The SMILES string of the molecule is CN(CCN)CCOC(F)(F)F. The molecule has 0 aromatic carbocycles. The van der Waals surface area contributed by atoms with Crippen LogP contribution in [-0.4, -0.2) is 44.6 Å². The van der Waals surface area contributed by atoms with Crippen LogP contribution in [0.2, 0.25) is 0 Å². The van der Waals surface area contributed by atoms with Gasteiger partial charge in [0.15, 0.2) is 0 Å². The summed E-state index contributed by atoms with van der Waals surface area (Å²) in [5, 5.41) is 0. The fourth-order valence-corrected chi connectivity index (χ4v) is 0.649. The minimum absolute atomic E-state index is 0.233. The topological polar surface area (TPSA) is 38.5 Å². The summed E-state index contributed by atoms with van der Waals surface area (Å²) in [6.45, 7) is 0.889. The first-order chi connectivity index (χ1) is 5.45. The van der Waals surface area contributed by atoms with Crippen molar-refractivity contribution in [1.29, 1.82) is 0 Å². The normalized spacial score (nSPS) is 12.5. The van der Waals surface area contributed by atoms with Crippen LogP contribution in [0.3, 0.4) is 0 Å². The Labute approximate surface area is 69.3 Å². The van der Waals surface area contributed by atoms with Crippen LogP contribution in [0.25, 0.3) is 0 Å². The number of alkyl halides is 3. The van der Waals surface area contributed by atoms with Crippen molar-refractivity contribution in [2.45, 2.75) is 6.36 Å². The van der Waals surface area contributed by atoms with Crippen molar-refractivity contribution >= 4 is 0 Å². The zero-order chi connectivity index (χ0) is 9.61. The molecule has 0 saturated carbocycles. The van der Waals surface area contributed by atoms with Gasteiger partial charge in [0.2, 0.25) is 0 Å². The first-order valence-electron chi connectivity index (χ1n) is 3.55. The van der Waals surface area contributed by atoms with Gasteiger partial charge in [-0.15, -0.1) is 13.2 Å². The van der Waals surface area contributed by atoms with Gasteiger partial charge in [0.05, 0.1) is 6.61 Å². The summed E-state index contributed by atoms with van der Waals surface area (Å²) in [6, 6.07) is 0. The Morgan fingerprint density at radius 3 is 2.33 bits per heavy atom. The molecule has 0 aliphatic heterocycles. The van der Waals surface area contributed by atoms with Crippen LogP contribution in [0.4, 0.5) is 13.2 Å². The molecular formula is C6H13F3N2O. The van der Waals surface area contributed by atoms with E-state index in [0.29, 0.717) is 13.1 Å². The maximum Gasteiger partial charge on any atom is 0.522 e. The van der Waals surface area contributed by atoms with Gasteiger partial charge in [0.1, 0.15) is 0 Å². The molecule has 0 heterocycles. The van der Waals surface area contributed by atoms with Gasteiger partial charge in [-0.2, -0.15) is 0 Å². The lowest BCUT2D eigenvalue weighted by Crippen LogP contribution is -2.30. The predicted octanol–water partition coefficient (Wildman–Crippen LogP) is 0.413. The molecule has 0 atom stereocenters. The Kier molecular flexibility index (Phi) is 5.19. The second kappa shape index (κ2) is 5.34. The number of rotatable bonds is 5. The van der Waals surface area contributed by atoms with E-state index in [2.05, 4.69) is 4.74 Å². The molecule has 6 heteroatoms. The van der Waals surface area contributed by atoms with E-state index in [4.69, 9.17) is 5.73 Å². The van der Waals surface area contributed by atoms with Crippen molar-refractivity contribution in [1.82, 2.24) is 4.90 Å². The molecule has 0 radical (unpaired) electrons. The molecule has 0 aliphatic carbocycles. The molecule has 0 rings (SSSR count). The van der Waals surface area contributed by atoms with Gasteiger partial charge in [-0.1, -0.05) is 0 Å². The van der Waals surface area contributed by atoms with E-state index in [-0.39, 0.29) is 13.2 Å². The Morgan fingerprint density at radius 1 is 1.33 bits per heavy atom. The molecular weight excluding hydrogens is 173 g/mol. The predicted molar refractivity (Wildman–Crippen MR) is 38.6 cm³/mol. The summed E-state index contributed by atoms with van der Waals surface area (Å²) in [7, 11) is 1.69. The summed E-state index contributed by atoms with van der Waals surface area (Å²) in [6.07, 6.45) is -4.52. The Morgan fingerprint density at radius 2 is 1.92 bits per heavy atom. The number of hydrogen-bond acceptors (Lipinski definition) is 3. The molecule has 0 bridgehead atoms. The van der Waals surface area contributed by atoms with E-state index in [1.165, 1.54) is 0 Å². The molecule has 74 valence electrons. The number of halogens is 3. The van der Waals surface area contributed by atoms with Gasteiger partial charge in [0, 0.05) is 19.6 Å². The minimum Gasteiger partial charge on any atom is -0.329 e. The molecule has 0 fully saturated rings. The number of nitrogens with zero attached hydrogens (tertiary/aromatic N) is 1. The van der Waals surface area contributed by atoms with Gasteiger partial charge in [-0.3, -0.25) is 4.74 Å². The van der Waals surface area contributed by atoms with Crippen molar-refractivity contribution in [3.63, 3.8) is 0 Å². The van der Waals surface area contributed by atoms with Crippen LogP contribution in [0.15, 0.2) is 0 Å². The van der Waals surface area contributed by atoms with E-state index < -0.39 is 6.36 Å². The van der Waals surface area contributed by atoms with Crippen molar-refractivity contribution < 1.29 is 17.9 Å². The summed E-state index contributed by atoms with van der Waals surface area (Å²) < 4.78 is 37.8. The molecule has 0 amide bonds. The zero-order valence-electron chi connectivity index (χ0n) is 6.90. The molecule has 2 N–H and O–H groups in total. The highest BCUT2D eigenvalue weighted by Crippen LogP contribution is 2.15. The Bertz CT molecular complexity index is 118. The van der Waals surface area contributed by atoms with E-state index in [1.807, 2.05) is 0 Å². The molecule has 0 saturated heterocycles. The van der Waals surface area contributed by atoms with Gasteiger partial charge < -0.3 is 10.6 Å². The van der Waals surface area contributed by atoms with Crippen LogP contribution < -0.4 is 5.73 Å². The molecule has 0 aromatic heterocycles. The number of hydrogen-bond donors (Lipinski definition) is 1. The molecule has 0 spiro atoms. The van der Waals surface area contributed by atoms with Gasteiger partial charge in [-0.05, 0) is 7.05 Å². The minimum atomic E-state index is -4.52. The Balaban J connectivity index is 3.31. The lowest BCUT2D eigenvalue weighted by atomic mass is 10.5. The molecule has 3 nitrogen and oxygen atoms in total. The zero-order valence-corrected chi connectivity index (χ0v) is 6.90. The first-order valence-corrected chi connectivity index (χ1v) is 3.55. The molecule has 0 aliphatic rings. The third kappa shape index (κ3) is 7.77. The second-order valence-corrected chi connectivity index (χ2v) is 2.39. The van der Waals surface area contributed by atoms with Crippen molar-refractivity contribution in [3.05, 3.63) is 0 Å². The smallest absolute Gasteiger partial charge is 0.329 e. The summed E-state index contributed by atoms with van der Waals surface area (Å²) in [4.78, 5) is 1.67. The Hall–Kier alpha value is -0.330. The summed E-state index contributed by atoms with van der Waals surface area (Å²) in [5.41, 5.74) is 5.18. The van der Waals surface area contributed by atoms with Crippen molar-refractivity contribution in [2.75, 3.05) is 33.3 Å². The largest absolute Gasteiger partial charge is 0.522 e. The van der Waals surface area contributed by atoms with Crippen molar-refractivity contribution in [3.8, 4) is 0 Å². The average Bonchev–Trinajstić information content (AvgIpc) is 1.84. The van der Waals surface area contributed by atoms with Crippen LogP contribution in [0.5, 0.6) is 0 Å². The lowest BCUT2D eigenvalue weighted by Gasteiger charge is -2.15. The highest BCUT2D eigenvalue weighted by molar-refractivity contribution is 4.50. The first kappa shape index (κ1) is 11.7. The van der Waals surface area contributed by atoms with Gasteiger partial charge in [-0.25, -0.2) is 0 Å². The number of likely N-dealkylation sites (N-methyl/N-ethyl adjacent to an activating group) is 1. The highest BCUT2D eigenvalue weighted by Gasteiger charge is 2.28.